The molecule has 0 spiro atoms. The van der Waals surface area contributed by atoms with Gasteiger partial charge in [0.05, 0.1) is 17.3 Å². The molecule has 1 N–H and O–H groups in total. The predicted octanol–water partition coefficient (Wildman–Crippen LogP) is 2.28. The second-order valence-corrected chi connectivity index (χ2v) is 6.50. The van der Waals surface area contributed by atoms with E-state index in [2.05, 4.69) is 4.98 Å². The summed E-state index contributed by atoms with van der Waals surface area (Å²) >= 11 is 1.03. The Morgan fingerprint density at radius 2 is 2.19 bits per heavy atom. The Morgan fingerprint density at radius 3 is 2.76 bits per heavy atom. The molecule has 2 heterocycles. The minimum absolute atomic E-state index is 0.171. The second kappa shape index (κ2) is 5.57. The number of fused-ring (bicyclic) bond motifs is 1. The lowest BCUT2D eigenvalue weighted by Crippen LogP contribution is -2.28. The number of carboxylic acids is 1. The molecule has 2 aromatic heterocycles. The van der Waals surface area contributed by atoms with Crippen LogP contribution in [0.25, 0.3) is 10.2 Å². The van der Waals surface area contributed by atoms with E-state index < -0.39 is 5.97 Å². The molecule has 114 valence electrons. The smallest absolute Gasteiger partial charge is 0.346 e. The summed E-state index contributed by atoms with van der Waals surface area (Å²) in [5.41, 5.74) is -0.0434. The third kappa shape index (κ3) is 2.98. The van der Waals surface area contributed by atoms with Crippen LogP contribution in [0.15, 0.2) is 11.1 Å². The molecule has 0 bridgehead atoms. The van der Waals surface area contributed by atoms with E-state index in [4.69, 9.17) is 9.84 Å². The Hall–Kier alpha value is -1.73. The van der Waals surface area contributed by atoms with Crippen molar-refractivity contribution in [1.29, 1.82) is 0 Å². The summed E-state index contributed by atoms with van der Waals surface area (Å²) in [4.78, 5) is 28.5. The van der Waals surface area contributed by atoms with Crippen molar-refractivity contribution >= 4 is 27.5 Å². The van der Waals surface area contributed by atoms with Crippen molar-refractivity contribution in [2.24, 2.45) is 0 Å². The summed E-state index contributed by atoms with van der Waals surface area (Å²) in [6.07, 6.45) is 2.13. The molecule has 2 rings (SSSR count). The van der Waals surface area contributed by atoms with E-state index in [1.807, 2.05) is 13.8 Å². The molecule has 0 aromatic carbocycles. The third-order valence-electron chi connectivity index (χ3n) is 3.62. The Balaban J connectivity index is 2.45. The molecule has 0 saturated heterocycles. The molecule has 2 aromatic rings. The van der Waals surface area contributed by atoms with Crippen LogP contribution in [-0.4, -0.2) is 33.3 Å². The molecule has 6 nitrogen and oxygen atoms in total. The number of carboxylic acid groups (broad SMARTS) is 1. The molecule has 0 amide bonds. The number of methoxy groups -OCH3 is 1. The zero-order valence-electron chi connectivity index (χ0n) is 12.5. The van der Waals surface area contributed by atoms with Gasteiger partial charge in [-0.25, -0.2) is 9.78 Å². The van der Waals surface area contributed by atoms with Gasteiger partial charge >= 0.3 is 5.97 Å². The zero-order valence-corrected chi connectivity index (χ0v) is 13.3. The molecule has 0 aliphatic rings. The van der Waals surface area contributed by atoms with E-state index >= 15 is 0 Å². The fraction of sp³-hybridized carbons (Fsp3) is 0.500. The number of ether oxygens (including phenoxy) is 1. The largest absolute Gasteiger partial charge is 0.477 e. The number of rotatable bonds is 5. The van der Waals surface area contributed by atoms with Gasteiger partial charge in [0.2, 0.25) is 0 Å². The first kappa shape index (κ1) is 15.7. The Morgan fingerprint density at radius 1 is 1.52 bits per heavy atom. The van der Waals surface area contributed by atoms with Crippen LogP contribution in [0.4, 0.5) is 0 Å². The van der Waals surface area contributed by atoms with Crippen LogP contribution in [0.5, 0.6) is 0 Å². The first-order chi connectivity index (χ1) is 9.76. The first-order valence-corrected chi connectivity index (χ1v) is 7.35. The maximum Gasteiger partial charge on any atom is 0.346 e. The van der Waals surface area contributed by atoms with Crippen LogP contribution in [0.3, 0.4) is 0 Å². The van der Waals surface area contributed by atoms with Gasteiger partial charge in [-0.15, -0.1) is 11.3 Å². The third-order valence-corrected chi connectivity index (χ3v) is 4.81. The lowest BCUT2D eigenvalue weighted by molar-refractivity contribution is 0.0118. The quantitative estimate of drug-likeness (QED) is 0.916. The molecular weight excluding hydrogens is 292 g/mol. The summed E-state index contributed by atoms with van der Waals surface area (Å²) in [6, 6.07) is 0. The summed E-state index contributed by atoms with van der Waals surface area (Å²) in [5, 5.41) is 9.52. The molecule has 0 saturated carbocycles. The lowest BCUT2D eigenvalue weighted by Gasteiger charge is -2.22. The van der Waals surface area contributed by atoms with Crippen LogP contribution >= 0.6 is 11.3 Å². The number of aromatic carboxylic acids is 1. The minimum atomic E-state index is -1.03. The molecular formula is C14H18N2O4S. The number of nitrogens with zero attached hydrogens (tertiary/aromatic N) is 2. The second-order valence-electron chi connectivity index (χ2n) is 5.50. The van der Waals surface area contributed by atoms with E-state index in [1.165, 1.54) is 10.9 Å². The van der Waals surface area contributed by atoms with Gasteiger partial charge < -0.3 is 9.84 Å². The van der Waals surface area contributed by atoms with Crippen LogP contribution in [0.1, 0.15) is 35.5 Å². The van der Waals surface area contributed by atoms with E-state index in [0.29, 0.717) is 28.7 Å². The Kier molecular flexibility index (Phi) is 4.15. The lowest BCUT2D eigenvalue weighted by atomic mass is 10.1. The van der Waals surface area contributed by atoms with Gasteiger partial charge in [-0.3, -0.25) is 9.36 Å². The maximum absolute atomic E-state index is 12.5. The van der Waals surface area contributed by atoms with Crippen LogP contribution < -0.4 is 5.56 Å². The van der Waals surface area contributed by atoms with Gasteiger partial charge in [0, 0.05) is 13.7 Å². The zero-order chi connectivity index (χ0) is 15.8. The van der Waals surface area contributed by atoms with Crippen molar-refractivity contribution in [1.82, 2.24) is 9.55 Å². The van der Waals surface area contributed by atoms with Gasteiger partial charge in [-0.2, -0.15) is 0 Å². The predicted molar refractivity (Wildman–Crippen MR) is 81.3 cm³/mol. The number of thiophene rings is 1. The number of aromatic nitrogens is 2. The highest BCUT2D eigenvalue weighted by molar-refractivity contribution is 7.20. The van der Waals surface area contributed by atoms with E-state index in [9.17, 15) is 9.59 Å². The molecule has 0 atom stereocenters. The van der Waals surface area contributed by atoms with Crippen molar-refractivity contribution in [3.63, 3.8) is 0 Å². The number of hydrogen-bond acceptors (Lipinski definition) is 5. The van der Waals surface area contributed by atoms with Gasteiger partial charge in [0.1, 0.15) is 9.71 Å². The summed E-state index contributed by atoms with van der Waals surface area (Å²) in [7, 11) is 1.63. The highest BCUT2D eigenvalue weighted by atomic mass is 32.1. The first-order valence-electron chi connectivity index (χ1n) is 6.54. The summed E-state index contributed by atoms with van der Waals surface area (Å²) < 4.78 is 6.84. The molecule has 21 heavy (non-hydrogen) atoms. The number of aryl methyl sites for hydroxylation is 2. The van der Waals surface area contributed by atoms with Crippen molar-refractivity contribution < 1.29 is 14.6 Å². The molecule has 7 heteroatoms. The topological polar surface area (TPSA) is 81.4 Å². The maximum atomic E-state index is 12.5. The monoisotopic (exact) mass is 310 g/mol. The fourth-order valence-electron chi connectivity index (χ4n) is 2.01. The summed E-state index contributed by atoms with van der Waals surface area (Å²) in [5.74, 6) is -1.03. The van der Waals surface area contributed by atoms with Gasteiger partial charge in [0.25, 0.3) is 5.56 Å². The molecule has 0 aliphatic heterocycles. The van der Waals surface area contributed by atoms with Crippen LogP contribution in [-0.2, 0) is 11.3 Å². The molecule has 0 aliphatic carbocycles. The van der Waals surface area contributed by atoms with Crippen LogP contribution in [0.2, 0.25) is 0 Å². The van der Waals surface area contributed by atoms with Crippen molar-refractivity contribution in [3.05, 3.63) is 27.1 Å². The molecule has 0 fully saturated rings. The average Bonchev–Trinajstić information content (AvgIpc) is 2.76. The van der Waals surface area contributed by atoms with Crippen molar-refractivity contribution in [2.45, 2.75) is 39.3 Å². The van der Waals surface area contributed by atoms with Gasteiger partial charge in [-0.1, -0.05) is 0 Å². The normalized spacial score (nSPS) is 12.0. The van der Waals surface area contributed by atoms with Crippen LogP contribution in [0, 0.1) is 6.92 Å². The SMILES string of the molecule is COC(C)(C)CCn1cnc2sc(C(=O)O)c(C)c2c1=O. The average molecular weight is 310 g/mol. The highest BCUT2D eigenvalue weighted by Gasteiger charge is 2.20. The summed E-state index contributed by atoms with van der Waals surface area (Å²) in [6.45, 7) is 6.01. The number of hydrogen-bond donors (Lipinski definition) is 1. The van der Waals surface area contributed by atoms with E-state index in [1.54, 1.807) is 14.0 Å². The van der Waals surface area contributed by atoms with E-state index in [0.717, 1.165) is 11.3 Å². The van der Waals surface area contributed by atoms with E-state index in [-0.39, 0.29) is 16.0 Å². The van der Waals surface area contributed by atoms with Crippen molar-refractivity contribution in [2.75, 3.05) is 7.11 Å². The highest BCUT2D eigenvalue weighted by Crippen LogP contribution is 2.26. The standard InChI is InChI=1S/C14H18N2O4S/c1-8-9-11(21-10(8)13(18)19)15-7-16(12(9)17)6-5-14(2,3)20-4/h7H,5-6H2,1-4H3,(H,18,19). The Labute approximate surface area is 126 Å². The fourth-order valence-corrected chi connectivity index (χ4v) is 2.99. The minimum Gasteiger partial charge on any atom is -0.477 e. The number of carbonyl (C=O) groups is 1. The molecule has 0 radical (unpaired) electrons. The van der Waals surface area contributed by atoms with Crippen molar-refractivity contribution in [3.8, 4) is 0 Å². The van der Waals surface area contributed by atoms with Gasteiger partial charge in [0.15, 0.2) is 0 Å². The van der Waals surface area contributed by atoms with Gasteiger partial charge in [-0.05, 0) is 32.8 Å². The Bertz CT molecular complexity index is 745. The molecule has 0 unspecified atom stereocenters.